The molecule has 1 aromatic heterocycles. The van der Waals surface area contributed by atoms with Crippen LogP contribution in [0.4, 0.5) is 8.78 Å². The zero-order valence-corrected chi connectivity index (χ0v) is 15.5. The Morgan fingerprint density at radius 1 is 1.15 bits per heavy atom. The predicted molar refractivity (Wildman–Crippen MR) is 97.5 cm³/mol. The highest BCUT2D eigenvalue weighted by Gasteiger charge is 2.26. The molecule has 4 nitrogen and oxygen atoms in total. The summed E-state index contributed by atoms with van der Waals surface area (Å²) in [6.07, 6.45) is 3.58. The van der Waals surface area contributed by atoms with Crippen LogP contribution in [-0.2, 0) is 15.6 Å². The highest BCUT2D eigenvalue weighted by atomic mass is 32.2. The van der Waals surface area contributed by atoms with Crippen LogP contribution in [0.25, 0.3) is 5.69 Å². The Kier molecular flexibility index (Phi) is 5.43. The first kappa shape index (κ1) is 18.6. The minimum absolute atomic E-state index is 0.373. The number of rotatable bonds is 6. The Balaban J connectivity index is 1.74. The van der Waals surface area contributed by atoms with E-state index in [4.69, 9.17) is 0 Å². The zero-order chi connectivity index (χ0) is 18.7. The number of nitrogens with zero attached hydrogens (tertiary/aromatic N) is 2. The summed E-state index contributed by atoms with van der Waals surface area (Å²) in [6.45, 7) is 2.02. The standard InChI is InChI=1S/C18H16F2N2O2S2/c1-13-3-2-4-15(11-13)22-10-9-21-18(22)25-12-14-5-7-16(8-6-14)26(23,24)17(19)20/h2-11,17H,12H2,1H3. The third kappa shape index (κ3) is 3.96. The van der Waals surface area contributed by atoms with Crippen molar-refractivity contribution in [2.24, 2.45) is 0 Å². The Morgan fingerprint density at radius 3 is 2.54 bits per heavy atom. The molecule has 3 rings (SSSR count). The van der Waals surface area contributed by atoms with Crippen molar-refractivity contribution in [1.29, 1.82) is 0 Å². The Bertz CT molecular complexity index is 1000. The number of aromatic nitrogens is 2. The van der Waals surface area contributed by atoms with Crippen molar-refractivity contribution in [2.75, 3.05) is 0 Å². The average Bonchev–Trinajstić information content (AvgIpc) is 3.09. The SMILES string of the molecule is Cc1cccc(-n2ccnc2SCc2ccc(S(=O)(=O)C(F)F)cc2)c1. The first-order chi connectivity index (χ1) is 12.4. The van der Waals surface area contributed by atoms with Crippen LogP contribution in [0, 0.1) is 6.92 Å². The van der Waals surface area contributed by atoms with Gasteiger partial charge in [-0.15, -0.1) is 0 Å². The highest BCUT2D eigenvalue weighted by molar-refractivity contribution is 7.98. The van der Waals surface area contributed by atoms with Gasteiger partial charge in [0.25, 0.3) is 0 Å². The molecule has 0 aliphatic rings. The fourth-order valence-corrected chi connectivity index (χ4v) is 4.05. The molecule has 1 heterocycles. The molecule has 0 amide bonds. The predicted octanol–water partition coefficient (Wildman–Crippen LogP) is 4.47. The quantitative estimate of drug-likeness (QED) is 0.579. The Morgan fingerprint density at radius 2 is 1.88 bits per heavy atom. The van der Waals surface area contributed by atoms with E-state index in [-0.39, 0.29) is 4.90 Å². The largest absolute Gasteiger partial charge is 0.341 e. The summed E-state index contributed by atoms with van der Waals surface area (Å²) < 4.78 is 50.0. The minimum Gasteiger partial charge on any atom is -0.295 e. The van der Waals surface area contributed by atoms with Gasteiger partial charge in [0.2, 0.25) is 9.84 Å². The molecule has 2 aromatic carbocycles. The van der Waals surface area contributed by atoms with Crippen molar-refractivity contribution in [3.05, 3.63) is 72.1 Å². The van der Waals surface area contributed by atoms with E-state index >= 15 is 0 Å². The maximum atomic E-state index is 12.6. The lowest BCUT2D eigenvalue weighted by atomic mass is 10.2. The molecule has 0 aliphatic heterocycles. The van der Waals surface area contributed by atoms with E-state index in [1.165, 1.54) is 23.9 Å². The fourth-order valence-electron chi connectivity index (χ4n) is 2.40. The molecular weight excluding hydrogens is 378 g/mol. The van der Waals surface area contributed by atoms with Gasteiger partial charge >= 0.3 is 5.76 Å². The molecule has 26 heavy (non-hydrogen) atoms. The van der Waals surface area contributed by atoms with Gasteiger partial charge in [-0.1, -0.05) is 36.0 Å². The lowest BCUT2D eigenvalue weighted by Gasteiger charge is -2.09. The van der Waals surface area contributed by atoms with Crippen molar-refractivity contribution in [3.8, 4) is 5.69 Å². The van der Waals surface area contributed by atoms with E-state index in [9.17, 15) is 17.2 Å². The summed E-state index contributed by atoms with van der Waals surface area (Å²) >= 11 is 1.48. The van der Waals surface area contributed by atoms with Gasteiger partial charge < -0.3 is 0 Å². The second-order valence-electron chi connectivity index (χ2n) is 5.66. The van der Waals surface area contributed by atoms with E-state index in [1.807, 2.05) is 35.9 Å². The number of hydrogen-bond acceptors (Lipinski definition) is 4. The molecule has 136 valence electrons. The first-order valence-electron chi connectivity index (χ1n) is 7.72. The number of hydrogen-bond donors (Lipinski definition) is 0. The molecule has 0 fully saturated rings. The smallest absolute Gasteiger partial charge is 0.295 e. The van der Waals surface area contributed by atoms with Crippen molar-refractivity contribution < 1.29 is 17.2 Å². The zero-order valence-electron chi connectivity index (χ0n) is 13.8. The summed E-state index contributed by atoms with van der Waals surface area (Å²) in [5.74, 6) is -2.87. The molecular formula is C18H16F2N2O2S2. The van der Waals surface area contributed by atoms with Gasteiger partial charge in [-0.25, -0.2) is 13.4 Å². The molecule has 0 spiro atoms. The number of benzene rings is 2. The summed E-state index contributed by atoms with van der Waals surface area (Å²) in [4.78, 5) is 3.98. The molecule has 3 aromatic rings. The second kappa shape index (κ2) is 7.59. The van der Waals surface area contributed by atoms with Gasteiger partial charge in [0.05, 0.1) is 4.90 Å². The molecule has 0 radical (unpaired) electrons. The lowest BCUT2D eigenvalue weighted by Crippen LogP contribution is -2.11. The topological polar surface area (TPSA) is 52.0 Å². The number of thioether (sulfide) groups is 1. The van der Waals surface area contributed by atoms with Gasteiger partial charge in [0, 0.05) is 23.8 Å². The van der Waals surface area contributed by atoms with Crippen molar-refractivity contribution in [2.45, 2.75) is 28.5 Å². The second-order valence-corrected chi connectivity index (χ2v) is 8.52. The van der Waals surface area contributed by atoms with E-state index in [0.717, 1.165) is 22.0 Å². The number of imidazole rings is 1. The third-order valence-electron chi connectivity index (χ3n) is 3.74. The average molecular weight is 394 g/mol. The fraction of sp³-hybridized carbons (Fsp3) is 0.167. The molecule has 0 N–H and O–H groups in total. The van der Waals surface area contributed by atoms with Crippen LogP contribution in [0.2, 0.25) is 0 Å². The molecule has 0 saturated carbocycles. The van der Waals surface area contributed by atoms with E-state index in [1.54, 1.807) is 18.3 Å². The van der Waals surface area contributed by atoms with Gasteiger partial charge in [-0.05, 0) is 42.3 Å². The van der Waals surface area contributed by atoms with Crippen LogP contribution in [0.15, 0.2) is 71.0 Å². The number of aryl methyl sites for hydroxylation is 1. The van der Waals surface area contributed by atoms with Crippen LogP contribution >= 0.6 is 11.8 Å². The molecule has 0 atom stereocenters. The van der Waals surface area contributed by atoms with Gasteiger partial charge in [0.15, 0.2) is 5.16 Å². The molecule has 0 saturated heterocycles. The number of halogens is 2. The van der Waals surface area contributed by atoms with Crippen LogP contribution < -0.4 is 0 Å². The first-order valence-corrected chi connectivity index (χ1v) is 10.3. The van der Waals surface area contributed by atoms with Crippen molar-refractivity contribution in [1.82, 2.24) is 9.55 Å². The summed E-state index contributed by atoms with van der Waals surface area (Å²) in [5, 5.41) is 0.792. The Labute approximate surface area is 154 Å². The lowest BCUT2D eigenvalue weighted by molar-refractivity contribution is 0.234. The third-order valence-corrected chi connectivity index (χ3v) is 6.18. The maximum absolute atomic E-state index is 12.6. The van der Waals surface area contributed by atoms with Gasteiger partial charge in [0.1, 0.15) is 0 Å². The minimum atomic E-state index is -4.56. The number of sulfone groups is 1. The molecule has 0 unspecified atom stereocenters. The highest BCUT2D eigenvalue weighted by Crippen LogP contribution is 2.26. The maximum Gasteiger partial charge on any atom is 0.341 e. The summed E-state index contributed by atoms with van der Waals surface area (Å²) in [6, 6.07) is 13.5. The summed E-state index contributed by atoms with van der Waals surface area (Å²) in [5.41, 5.74) is 2.97. The van der Waals surface area contributed by atoms with Crippen LogP contribution in [-0.4, -0.2) is 23.7 Å². The van der Waals surface area contributed by atoms with Crippen LogP contribution in [0.1, 0.15) is 11.1 Å². The molecule has 0 aliphatic carbocycles. The van der Waals surface area contributed by atoms with Crippen LogP contribution in [0.3, 0.4) is 0 Å². The summed E-state index contributed by atoms with van der Waals surface area (Å²) in [7, 11) is -4.56. The molecule has 0 bridgehead atoms. The van der Waals surface area contributed by atoms with Crippen molar-refractivity contribution in [3.63, 3.8) is 0 Å². The van der Waals surface area contributed by atoms with Crippen LogP contribution in [0.5, 0.6) is 0 Å². The van der Waals surface area contributed by atoms with E-state index < -0.39 is 15.6 Å². The molecule has 8 heteroatoms. The van der Waals surface area contributed by atoms with Gasteiger partial charge in [-0.2, -0.15) is 8.78 Å². The van der Waals surface area contributed by atoms with E-state index in [0.29, 0.717) is 5.75 Å². The Hall–Kier alpha value is -2.19. The number of alkyl halides is 2. The van der Waals surface area contributed by atoms with E-state index in [2.05, 4.69) is 11.1 Å². The normalized spacial score (nSPS) is 11.8. The van der Waals surface area contributed by atoms with Gasteiger partial charge in [-0.3, -0.25) is 4.57 Å². The van der Waals surface area contributed by atoms with Crippen molar-refractivity contribution >= 4 is 21.6 Å². The monoisotopic (exact) mass is 394 g/mol.